The quantitative estimate of drug-likeness (QED) is 0.164. The number of carboxylic acids is 1. The van der Waals surface area contributed by atoms with Crippen LogP contribution in [0.5, 0.6) is 11.5 Å². The zero-order valence-electron chi connectivity index (χ0n) is 33.0. The normalized spacial score (nSPS) is 27.5. The molecule has 0 bridgehead atoms. The third-order valence-electron chi connectivity index (χ3n) is 12.3. The van der Waals surface area contributed by atoms with Gasteiger partial charge in [0.25, 0.3) is 0 Å². The molecule has 7 rings (SSSR count). The number of nitrogens with one attached hydrogen (secondary N) is 1. The second-order valence-corrected chi connectivity index (χ2v) is 17.7. The number of likely N-dealkylation sites (tertiary alicyclic amines) is 1. The number of ketones is 1. The van der Waals surface area contributed by atoms with E-state index in [1.165, 1.54) is 6.42 Å². The van der Waals surface area contributed by atoms with Gasteiger partial charge in [0.2, 0.25) is 5.91 Å². The summed E-state index contributed by atoms with van der Waals surface area (Å²) in [7, 11) is 1.58. The molecule has 1 aromatic carbocycles. The first kappa shape index (κ1) is 38.6. The minimum Gasteiger partial charge on any atom is -0.497 e. The molecule has 55 heavy (non-hydrogen) atoms. The molecule has 1 amide bonds. The number of benzene rings is 1. The summed E-state index contributed by atoms with van der Waals surface area (Å²) in [5.41, 5.74) is -1.15. The first-order valence-corrected chi connectivity index (χ1v) is 19.8. The number of carbonyl (C=O) groups excluding carboxylic acids is 3. The van der Waals surface area contributed by atoms with E-state index in [1.54, 1.807) is 29.0 Å². The molecule has 13 nitrogen and oxygen atoms in total. The van der Waals surface area contributed by atoms with Crippen LogP contribution >= 0.6 is 0 Å². The van der Waals surface area contributed by atoms with Gasteiger partial charge in [0.1, 0.15) is 29.5 Å². The monoisotopic (exact) mass is 757 g/mol. The molecule has 3 saturated carbocycles. The Bertz CT molecular complexity index is 1960. The molecule has 0 radical (unpaired) electrons. The maximum absolute atomic E-state index is 14.7. The molecule has 296 valence electrons. The number of rotatable bonds is 15. The highest BCUT2D eigenvalue weighted by Gasteiger charge is 2.61. The molecule has 2 unspecified atom stereocenters. The van der Waals surface area contributed by atoms with Gasteiger partial charge in [-0.1, -0.05) is 34.1 Å². The molecule has 2 N–H and O–H groups in total. The van der Waals surface area contributed by atoms with Crippen LogP contribution in [-0.4, -0.2) is 86.3 Å². The van der Waals surface area contributed by atoms with Gasteiger partial charge in [-0.25, -0.2) is 9.67 Å². The topological polar surface area (TPSA) is 162 Å². The van der Waals surface area contributed by atoms with Gasteiger partial charge < -0.3 is 29.5 Å². The number of carbonyl (C=O) groups is 4. The summed E-state index contributed by atoms with van der Waals surface area (Å²) in [5, 5.41) is 18.9. The van der Waals surface area contributed by atoms with Crippen molar-refractivity contribution in [3.8, 4) is 17.3 Å². The smallest absolute Gasteiger partial charge is 0.310 e. The van der Waals surface area contributed by atoms with Gasteiger partial charge in [0.15, 0.2) is 11.6 Å². The minimum absolute atomic E-state index is 0.0830. The zero-order chi connectivity index (χ0) is 39.4. The largest absolute Gasteiger partial charge is 0.497 e. The average molecular weight is 758 g/mol. The van der Waals surface area contributed by atoms with Crippen LogP contribution in [0.3, 0.4) is 0 Å². The highest BCUT2D eigenvalue weighted by Crippen LogP contribution is 2.58. The van der Waals surface area contributed by atoms with Crippen molar-refractivity contribution in [2.45, 2.75) is 117 Å². The Labute approximate surface area is 322 Å². The molecule has 3 heterocycles. The molecule has 2 aromatic heterocycles. The highest BCUT2D eigenvalue weighted by molar-refractivity contribution is 5.95. The van der Waals surface area contributed by atoms with Gasteiger partial charge in [-0.3, -0.25) is 19.2 Å². The molecular weight excluding hydrogens is 702 g/mol. The molecule has 8 atom stereocenters. The van der Waals surface area contributed by atoms with Gasteiger partial charge in [0, 0.05) is 48.7 Å². The predicted octanol–water partition coefficient (Wildman–Crippen LogP) is 6.45. The van der Waals surface area contributed by atoms with Crippen molar-refractivity contribution in [3.05, 3.63) is 36.5 Å². The van der Waals surface area contributed by atoms with Crippen molar-refractivity contribution >= 4 is 40.3 Å². The summed E-state index contributed by atoms with van der Waals surface area (Å²) in [5.74, 6) is 0.709. The number of aliphatic carboxylic acids is 1. The Balaban J connectivity index is 1.18. The number of amides is 1. The van der Waals surface area contributed by atoms with E-state index < -0.39 is 40.8 Å². The van der Waals surface area contributed by atoms with Gasteiger partial charge in [-0.2, -0.15) is 0 Å². The van der Waals surface area contributed by atoms with Crippen LogP contribution < -0.4 is 14.8 Å². The Morgan fingerprint density at radius 3 is 2.42 bits per heavy atom. The molecular formula is C42H55N5O8. The van der Waals surface area contributed by atoms with Crippen LogP contribution in [0.4, 0.5) is 5.82 Å². The fourth-order valence-electron chi connectivity index (χ4n) is 8.96. The summed E-state index contributed by atoms with van der Waals surface area (Å²) in [6.07, 6.45) is 5.03. The molecule has 1 saturated heterocycles. The van der Waals surface area contributed by atoms with E-state index in [9.17, 15) is 24.3 Å². The number of ether oxygens (including phenoxy) is 3. The van der Waals surface area contributed by atoms with Crippen LogP contribution in [0.25, 0.3) is 16.7 Å². The minimum atomic E-state index is -1.13. The number of hydrogen-bond acceptors (Lipinski definition) is 10. The Morgan fingerprint density at radius 2 is 1.78 bits per heavy atom. The number of pyridine rings is 1. The summed E-state index contributed by atoms with van der Waals surface area (Å²) < 4.78 is 19.8. The van der Waals surface area contributed by atoms with E-state index in [1.807, 2.05) is 65.8 Å². The number of anilines is 1. The van der Waals surface area contributed by atoms with Gasteiger partial charge >= 0.3 is 11.9 Å². The number of nitrogens with zero attached hydrogens (tertiary/aromatic N) is 4. The van der Waals surface area contributed by atoms with Crippen molar-refractivity contribution in [2.75, 3.05) is 19.0 Å². The summed E-state index contributed by atoms with van der Waals surface area (Å²) in [6, 6.07) is 8.40. The van der Waals surface area contributed by atoms with Crippen LogP contribution in [0, 0.1) is 34.5 Å². The molecule has 3 aromatic rings. The van der Waals surface area contributed by atoms with Crippen molar-refractivity contribution in [1.82, 2.24) is 19.7 Å². The number of methoxy groups -OCH3 is 1. The van der Waals surface area contributed by atoms with Crippen LogP contribution in [0.15, 0.2) is 36.5 Å². The Morgan fingerprint density at radius 1 is 1.04 bits per heavy atom. The first-order valence-electron chi connectivity index (χ1n) is 19.8. The van der Waals surface area contributed by atoms with Crippen LogP contribution in [0.2, 0.25) is 0 Å². The SMILES string of the molecule is CC[C@@H]1C[C@]1(CC(=O)[C@@H]1C[C@@H](Oc2cc(-n3ccc(NC(C)C)n3)nc3cc(OC)ccc23)CN1C(=O)C(CC(=O)OC1C[C@@H]2C[C@@H]2C1)C(C)(C)C)C(=O)O. The van der Waals surface area contributed by atoms with Crippen molar-refractivity contribution in [2.24, 2.45) is 34.5 Å². The summed E-state index contributed by atoms with van der Waals surface area (Å²) in [6.45, 7) is 11.8. The van der Waals surface area contributed by atoms with E-state index in [2.05, 4.69) is 10.4 Å². The third kappa shape index (κ3) is 8.02. The Kier molecular flexibility index (Phi) is 10.4. The molecule has 1 aliphatic heterocycles. The third-order valence-corrected chi connectivity index (χ3v) is 12.3. The van der Waals surface area contributed by atoms with Crippen LogP contribution in [0.1, 0.15) is 92.9 Å². The van der Waals surface area contributed by atoms with Crippen molar-refractivity contribution in [3.63, 3.8) is 0 Å². The lowest BCUT2D eigenvalue weighted by Crippen LogP contribution is -2.48. The van der Waals surface area contributed by atoms with Crippen LogP contribution in [-0.2, 0) is 23.9 Å². The number of aromatic nitrogens is 3. The zero-order valence-corrected chi connectivity index (χ0v) is 33.0. The molecule has 4 fully saturated rings. The summed E-state index contributed by atoms with van der Waals surface area (Å²) >= 11 is 0. The van der Waals surface area contributed by atoms with E-state index in [4.69, 9.17) is 19.2 Å². The number of esters is 1. The van der Waals surface area contributed by atoms with Gasteiger partial charge in [-0.15, -0.1) is 5.10 Å². The second kappa shape index (κ2) is 14.8. The molecule has 13 heteroatoms. The molecule has 4 aliphatic rings. The number of fused-ring (bicyclic) bond motifs is 2. The maximum atomic E-state index is 14.7. The maximum Gasteiger partial charge on any atom is 0.310 e. The summed E-state index contributed by atoms with van der Waals surface area (Å²) in [4.78, 5) is 61.3. The van der Waals surface area contributed by atoms with Gasteiger partial charge in [0.05, 0.1) is 43.0 Å². The average Bonchev–Trinajstić information content (AvgIpc) is 3.79. The lowest BCUT2D eigenvalue weighted by atomic mass is 9.77. The lowest BCUT2D eigenvalue weighted by molar-refractivity contribution is -0.157. The Hall–Kier alpha value is -4.68. The van der Waals surface area contributed by atoms with E-state index in [0.717, 1.165) is 12.8 Å². The predicted molar refractivity (Wildman–Crippen MR) is 205 cm³/mol. The van der Waals surface area contributed by atoms with E-state index in [0.29, 0.717) is 58.7 Å². The van der Waals surface area contributed by atoms with E-state index in [-0.39, 0.29) is 55.6 Å². The standard InChI is InChI=1S/C42H55N5O8/c1-8-26-20-42(26,40(51)52)21-34(48)33-17-29(22-46(33)39(50)31(41(4,5)6)18-38(49)55-28-14-24-13-25(24)15-28)54-35-19-37(47-12-11-36(45-47)43-23(2)3)44-32-16-27(53-7)9-10-30(32)35/h9-12,16,19,23-26,28-29,31,33H,8,13-15,17-18,20-22H2,1-7H3,(H,43,45)(H,51,52)/t24-,25+,26-,28?,29-,31?,33+,42-/m1/s1. The fourth-order valence-corrected chi connectivity index (χ4v) is 8.96. The molecule has 0 spiro atoms. The van der Waals surface area contributed by atoms with E-state index >= 15 is 0 Å². The van der Waals surface area contributed by atoms with Crippen molar-refractivity contribution in [1.29, 1.82) is 0 Å². The molecule has 3 aliphatic carbocycles. The second-order valence-electron chi connectivity index (χ2n) is 17.7. The van der Waals surface area contributed by atoms with Gasteiger partial charge in [-0.05, 0) is 74.8 Å². The van der Waals surface area contributed by atoms with Crippen molar-refractivity contribution < 1.29 is 38.5 Å². The fraction of sp³-hybridized carbons (Fsp3) is 0.619. The number of Topliss-reactive ketones (excluding diaryl/α,β-unsaturated/α-hetero) is 1. The highest BCUT2D eigenvalue weighted by atomic mass is 16.5. The first-order chi connectivity index (χ1) is 26.1. The number of carboxylic acid groups (broad SMARTS) is 1. The lowest BCUT2D eigenvalue weighted by Gasteiger charge is -2.35. The number of hydrogen-bond donors (Lipinski definition) is 2.